The molecular weight excluding hydrogens is 342 g/mol. The molecule has 6 heteroatoms. The van der Waals surface area contributed by atoms with E-state index in [0.717, 1.165) is 42.5 Å². The summed E-state index contributed by atoms with van der Waals surface area (Å²) in [7, 11) is 0. The van der Waals surface area contributed by atoms with E-state index in [9.17, 15) is 0 Å². The zero-order valence-electron chi connectivity index (χ0n) is 16.4. The zero-order chi connectivity index (χ0) is 18.8. The number of hydrogen-bond acceptors (Lipinski definition) is 3. The average Bonchev–Trinajstić information content (AvgIpc) is 2.94. The van der Waals surface area contributed by atoms with Gasteiger partial charge in [-0.3, -0.25) is 0 Å². The molecular formula is C20H31N5S. The molecule has 0 aliphatic heterocycles. The van der Waals surface area contributed by atoms with Crippen LogP contribution in [0.15, 0.2) is 35.3 Å². The zero-order valence-corrected chi connectivity index (χ0v) is 17.2. The summed E-state index contributed by atoms with van der Waals surface area (Å²) in [5.74, 6) is 2.09. The van der Waals surface area contributed by atoms with Crippen molar-refractivity contribution in [1.29, 1.82) is 0 Å². The molecule has 1 aromatic carbocycles. The molecule has 0 saturated carbocycles. The van der Waals surface area contributed by atoms with E-state index in [-0.39, 0.29) is 0 Å². The lowest BCUT2D eigenvalue weighted by Crippen LogP contribution is -2.37. The third-order valence-corrected chi connectivity index (χ3v) is 4.95. The van der Waals surface area contributed by atoms with Crippen molar-refractivity contribution in [3.05, 3.63) is 47.3 Å². The lowest BCUT2D eigenvalue weighted by atomic mass is 10.2. The first-order valence-electron chi connectivity index (χ1n) is 9.29. The molecule has 2 rings (SSSR count). The maximum absolute atomic E-state index is 4.77. The quantitative estimate of drug-likeness (QED) is 0.400. The molecule has 0 aliphatic rings. The van der Waals surface area contributed by atoms with E-state index in [2.05, 4.69) is 49.8 Å². The standard InChI is InChI=1S/C20H31N5S/c1-5-21-20(22-13-9-10-14-26-4)23-15-19-16(2)24-25(17(19)3)18-11-7-6-8-12-18/h6-8,11-12H,5,9-10,13-15H2,1-4H3,(H2,21,22,23). The van der Waals surface area contributed by atoms with Crippen LogP contribution in [-0.2, 0) is 6.54 Å². The molecule has 5 nitrogen and oxygen atoms in total. The number of hydrogen-bond donors (Lipinski definition) is 2. The molecule has 1 heterocycles. The minimum Gasteiger partial charge on any atom is -0.357 e. The van der Waals surface area contributed by atoms with Crippen LogP contribution in [0.2, 0.25) is 0 Å². The van der Waals surface area contributed by atoms with Gasteiger partial charge in [-0.05, 0) is 57.8 Å². The molecule has 26 heavy (non-hydrogen) atoms. The molecule has 1 aromatic heterocycles. The second-order valence-electron chi connectivity index (χ2n) is 6.22. The molecule has 2 N–H and O–H groups in total. The van der Waals surface area contributed by atoms with Crippen molar-refractivity contribution in [3.8, 4) is 5.69 Å². The van der Waals surface area contributed by atoms with Crippen LogP contribution in [-0.4, -0.2) is 40.8 Å². The Morgan fingerprint density at radius 2 is 1.92 bits per heavy atom. The molecule has 0 aliphatic carbocycles. The first kappa shape index (κ1) is 20.4. The lowest BCUT2D eigenvalue weighted by molar-refractivity contribution is 0.734. The Morgan fingerprint density at radius 3 is 2.62 bits per heavy atom. The van der Waals surface area contributed by atoms with Crippen LogP contribution < -0.4 is 10.6 Å². The highest BCUT2D eigenvalue weighted by molar-refractivity contribution is 7.98. The molecule has 0 fully saturated rings. The fraction of sp³-hybridized carbons (Fsp3) is 0.500. The second kappa shape index (κ2) is 10.9. The summed E-state index contributed by atoms with van der Waals surface area (Å²) in [4.78, 5) is 4.77. The molecule has 0 spiro atoms. The summed E-state index contributed by atoms with van der Waals surface area (Å²) < 4.78 is 2.00. The highest BCUT2D eigenvalue weighted by Gasteiger charge is 2.12. The number of nitrogens with one attached hydrogen (secondary N) is 2. The predicted octanol–water partition coefficient (Wildman–Crippen LogP) is 3.69. The van der Waals surface area contributed by atoms with Crippen molar-refractivity contribution in [2.75, 3.05) is 25.1 Å². The number of aromatic nitrogens is 2. The minimum atomic E-state index is 0.630. The normalized spacial score (nSPS) is 11.6. The molecule has 0 atom stereocenters. The van der Waals surface area contributed by atoms with E-state index in [0.29, 0.717) is 6.54 Å². The molecule has 0 amide bonds. The topological polar surface area (TPSA) is 54.2 Å². The Morgan fingerprint density at radius 1 is 1.15 bits per heavy atom. The van der Waals surface area contributed by atoms with E-state index in [1.165, 1.54) is 17.7 Å². The Balaban J connectivity index is 2.05. The van der Waals surface area contributed by atoms with Crippen molar-refractivity contribution in [2.45, 2.75) is 40.2 Å². The van der Waals surface area contributed by atoms with Crippen molar-refractivity contribution in [2.24, 2.45) is 4.99 Å². The summed E-state index contributed by atoms with van der Waals surface area (Å²) in [6.07, 6.45) is 4.55. The predicted molar refractivity (Wildman–Crippen MR) is 113 cm³/mol. The molecule has 2 aromatic rings. The Bertz CT molecular complexity index is 694. The number of nitrogens with zero attached hydrogens (tertiary/aromatic N) is 3. The van der Waals surface area contributed by atoms with Crippen molar-refractivity contribution < 1.29 is 0 Å². The van der Waals surface area contributed by atoms with Gasteiger partial charge in [-0.2, -0.15) is 16.9 Å². The van der Waals surface area contributed by atoms with Crippen LogP contribution in [0.4, 0.5) is 0 Å². The largest absolute Gasteiger partial charge is 0.357 e. The number of rotatable bonds is 9. The van der Waals surface area contributed by atoms with Gasteiger partial charge in [0, 0.05) is 24.3 Å². The minimum absolute atomic E-state index is 0.630. The van der Waals surface area contributed by atoms with E-state index in [1.54, 1.807) is 0 Å². The van der Waals surface area contributed by atoms with Crippen molar-refractivity contribution in [1.82, 2.24) is 20.4 Å². The molecule has 0 radical (unpaired) electrons. The smallest absolute Gasteiger partial charge is 0.191 e. The van der Waals surface area contributed by atoms with Gasteiger partial charge in [-0.15, -0.1) is 0 Å². The third-order valence-electron chi connectivity index (χ3n) is 4.25. The number of unbranched alkanes of at least 4 members (excludes halogenated alkanes) is 1. The number of benzene rings is 1. The van der Waals surface area contributed by atoms with Crippen LogP contribution in [0, 0.1) is 13.8 Å². The highest BCUT2D eigenvalue weighted by atomic mass is 32.2. The third kappa shape index (κ3) is 5.80. The molecule has 142 valence electrons. The van der Waals surface area contributed by atoms with Gasteiger partial charge in [0.1, 0.15) is 0 Å². The summed E-state index contributed by atoms with van der Waals surface area (Å²) >= 11 is 1.90. The van der Waals surface area contributed by atoms with Gasteiger partial charge in [0.2, 0.25) is 0 Å². The van der Waals surface area contributed by atoms with Crippen molar-refractivity contribution in [3.63, 3.8) is 0 Å². The SMILES string of the molecule is CCNC(=NCc1c(C)nn(-c2ccccc2)c1C)NCCCCSC. The van der Waals surface area contributed by atoms with Gasteiger partial charge >= 0.3 is 0 Å². The Hall–Kier alpha value is -1.95. The Labute approximate surface area is 161 Å². The number of aliphatic imine (C=N–C) groups is 1. The number of para-hydroxylation sites is 1. The summed E-state index contributed by atoms with van der Waals surface area (Å²) in [6, 6.07) is 10.2. The second-order valence-corrected chi connectivity index (χ2v) is 7.20. The Kier molecular flexibility index (Phi) is 8.54. The number of aryl methyl sites for hydroxylation is 1. The van der Waals surface area contributed by atoms with Crippen molar-refractivity contribution >= 4 is 17.7 Å². The number of guanidine groups is 1. The fourth-order valence-corrected chi connectivity index (χ4v) is 3.30. The number of thioether (sulfide) groups is 1. The van der Waals surface area contributed by atoms with Gasteiger partial charge in [0.05, 0.1) is 17.9 Å². The molecule has 0 bridgehead atoms. The van der Waals surface area contributed by atoms with Gasteiger partial charge in [0.15, 0.2) is 5.96 Å². The van der Waals surface area contributed by atoms with Crippen LogP contribution in [0.5, 0.6) is 0 Å². The van der Waals surface area contributed by atoms with E-state index in [4.69, 9.17) is 10.1 Å². The first-order valence-corrected chi connectivity index (χ1v) is 10.7. The summed E-state index contributed by atoms with van der Waals surface area (Å²) in [5, 5.41) is 11.5. The van der Waals surface area contributed by atoms with E-state index < -0.39 is 0 Å². The van der Waals surface area contributed by atoms with E-state index >= 15 is 0 Å². The maximum Gasteiger partial charge on any atom is 0.191 e. The van der Waals surface area contributed by atoms with Crippen LogP contribution in [0.25, 0.3) is 5.69 Å². The first-order chi connectivity index (χ1) is 12.7. The highest BCUT2D eigenvalue weighted by Crippen LogP contribution is 2.18. The summed E-state index contributed by atoms with van der Waals surface area (Å²) in [6.45, 7) is 8.70. The van der Waals surface area contributed by atoms with Gasteiger partial charge in [-0.1, -0.05) is 18.2 Å². The van der Waals surface area contributed by atoms with E-state index in [1.807, 2.05) is 34.6 Å². The molecule has 0 saturated heterocycles. The molecule has 0 unspecified atom stereocenters. The van der Waals surface area contributed by atoms with Crippen LogP contribution in [0.3, 0.4) is 0 Å². The lowest BCUT2D eigenvalue weighted by Gasteiger charge is -2.11. The van der Waals surface area contributed by atoms with Gasteiger partial charge in [-0.25, -0.2) is 9.67 Å². The monoisotopic (exact) mass is 373 g/mol. The fourth-order valence-electron chi connectivity index (χ4n) is 2.80. The van der Waals surface area contributed by atoms with Crippen LogP contribution >= 0.6 is 11.8 Å². The van der Waals surface area contributed by atoms with Gasteiger partial charge in [0.25, 0.3) is 0 Å². The average molecular weight is 374 g/mol. The summed E-state index contributed by atoms with van der Waals surface area (Å²) in [5.41, 5.74) is 4.45. The maximum atomic E-state index is 4.77. The van der Waals surface area contributed by atoms with Gasteiger partial charge < -0.3 is 10.6 Å². The van der Waals surface area contributed by atoms with Crippen LogP contribution in [0.1, 0.15) is 36.7 Å².